The third kappa shape index (κ3) is 4.37. The van der Waals surface area contributed by atoms with Gasteiger partial charge in [0.05, 0.1) is 12.5 Å². The third-order valence-electron chi connectivity index (χ3n) is 3.19. The van der Waals surface area contributed by atoms with Crippen molar-refractivity contribution in [1.29, 1.82) is 0 Å². The van der Waals surface area contributed by atoms with Crippen LogP contribution in [0.3, 0.4) is 0 Å². The highest BCUT2D eigenvalue weighted by Gasteiger charge is 2.22. The quantitative estimate of drug-likeness (QED) is 0.700. The average Bonchev–Trinajstić information content (AvgIpc) is 2.98. The van der Waals surface area contributed by atoms with Crippen LogP contribution in [0.1, 0.15) is 12.0 Å². The molecule has 2 rings (SSSR count). The fourth-order valence-corrected chi connectivity index (χ4v) is 2.05. The molecule has 0 saturated carbocycles. The van der Waals surface area contributed by atoms with E-state index >= 15 is 0 Å². The van der Waals surface area contributed by atoms with Gasteiger partial charge in [-0.05, 0) is 18.5 Å². The smallest absolute Gasteiger partial charge is 0.239 e. The van der Waals surface area contributed by atoms with E-state index in [1.165, 1.54) is 0 Å². The minimum absolute atomic E-state index is 0.00178. The zero-order chi connectivity index (χ0) is 13.5. The van der Waals surface area contributed by atoms with E-state index in [1.54, 1.807) is 0 Å². The molecule has 5 nitrogen and oxygen atoms in total. The SMILES string of the molecule is O=C(CNC(=O)C1CCNC1)NCc1ccccc1. The molecule has 1 aromatic carbocycles. The Bertz CT molecular complexity index is 428. The Morgan fingerprint density at radius 1 is 1.21 bits per heavy atom. The van der Waals surface area contributed by atoms with Crippen molar-refractivity contribution < 1.29 is 9.59 Å². The molecule has 1 aliphatic rings. The highest BCUT2D eigenvalue weighted by molar-refractivity contribution is 5.86. The minimum Gasteiger partial charge on any atom is -0.350 e. The molecule has 3 N–H and O–H groups in total. The summed E-state index contributed by atoms with van der Waals surface area (Å²) in [4.78, 5) is 23.3. The van der Waals surface area contributed by atoms with Gasteiger partial charge in [0, 0.05) is 13.1 Å². The van der Waals surface area contributed by atoms with Gasteiger partial charge in [-0.1, -0.05) is 30.3 Å². The van der Waals surface area contributed by atoms with Crippen LogP contribution in [0.4, 0.5) is 0 Å². The van der Waals surface area contributed by atoms with Gasteiger partial charge in [-0.25, -0.2) is 0 Å². The summed E-state index contributed by atoms with van der Waals surface area (Å²) in [5, 5.41) is 8.57. The van der Waals surface area contributed by atoms with Crippen molar-refractivity contribution in [2.24, 2.45) is 5.92 Å². The Kier molecular flexibility index (Phi) is 4.92. The monoisotopic (exact) mass is 261 g/mol. The Hall–Kier alpha value is -1.88. The molecule has 1 fully saturated rings. The number of carbonyl (C=O) groups is 2. The van der Waals surface area contributed by atoms with Gasteiger partial charge in [-0.3, -0.25) is 9.59 Å². The van der Waals surface area contributed by atoms with E-state index < -0.39 is 0 Å². The van der Waals surface area contributed by atoms with Crippen molar-refractivity contribution in [2.75, 3.05) is 19.6 Å². The summed E-state index contributed by atoms with van der Waals surface area (Å²) in [6.45, 7) is 2.11. The number of benzene rings is 1. The van der Waals surface area contributed by atoms with Crippen LogP contribution in [0.25, 0.3) is 0 Å². The van der Waals surface area contributed by atoms with Crippen molar-refractivity contribution in [3.63, 3.8) is 0 Å². The molecule has 1 aromatic rings. The van der Waals surface area contributed by atoms with Gasteiger partial charge in [-0.2, -0.15) is 0 Å². The lowest BCUT2D eigenvalue weighted by atomic mass is 10.1. The van der Waals surface area contributed by atoms with Crippen LogP contribution >= 0.6 is 0 Å². The fraction of sp³-hybridized carbons (Fsp3) is 0.429. The van der Waals surface area contributed by atoms with Gasteiger partial charge in [-0.15, -0.1) is 0 Å². The molecular formula is C14H19N3O2. The van der Waals surface area contributed by atoms with Crippen molar-refractivity contribution in [3.05, 3.63) is 35.9 Å². The first-order valence-electron chi connectivity index (χ1n) is 6.55. The predicted octanol–water partition coefficient (Wildman–Crippen LogP) is 0.0285. The molecule has 102 valence electrons. The Balaban J connectivity index is 1.65. The highest BCUT2D eigenvalue weighted by Crippen LogP contribution is 2.06. The minimum atomic E-state index is -0.164. The van der Waals surface area contributed by atoms with Crippen LogP contribution in [0.2, 0.25) is 0 Å². The first-order chi connectivity index (χ1) is 9.25. The maximum Gasteiger partial charge on any atom is 0.239 e. The summed E-state index contributed by atoms with van der Waals surface area (Å²) < 4.78 is 0. The molecule has 0 radical (unpaired) electrons. The van der Waals surface area contributed by atoms with Crippen molar-refractivity contribution in [1.82, 2.24) is 16.0 Å². The summed E-state index contributed by atoms with van der Waals surface area (Å²) in [7, 11) is 0. The van der Waals surface area contributed by atoms with Gasteiger partial charge in [0.2, 0.25) is 11.8 Å². The Labute approximate surface area is 112 Å². The van der Waals surface area contributed by atoms with E-state index in [4.69, 9.17) is 0 Å². The standard InChI is InChI=1S/C14H19N3O2/c18-13(16-8-11-4-2-1-3-5-11)10-17-14(19)12-6-7-15-9-12/h1-5,12,15H,6-10H2,(H,16,18)(H,17,19). The maximum absolute atomic E-state index is 11.7. The second kappa shape index (κ2) is 6.89. The Morgan fingerprint density at radius 2 is 2.00 bits per heavy atom. The molecule has 0 aromatic heterocycles. The van der Waals surface area contributed by atoms with Crippen LogP contribution in [0.15, 0.2) is 30.3 Å². The van der Waals surface area contributed by atoms with E-state index in [2.05, 4.69) is 16.0 Å². The molecule has 1 unspecified atom stereocenters. The number of nitrogens with one attached hydrogen (secondary N) is 3. The number of rotatable bonds is 5. The molecule has 0 spiro atoms. The first kappa shape index (κ1) is 13.5. The molecule has 0 aliphatic carbocycles. The molecule has 19 heavy (non-hydrogen) atoms. The number of carbonyl (C=O) groups excluding carboxylic acids is 2. The maximum atomic E-state index is 11.7. The topological polar surface area (TPSA) is 70.2 Å². The molecule has 2 amide bonds. The van der Waals surface area contributed by atoms with Gasteiger partial charge in [0.15, 0.2) is 0 Å². The number of hydrogen-bond donors (Lipinski definition) is 3. The number of amides is 2. The van der Waals surface area contributed by atoms with Crippen LogP contribution < -0.4 is 16.0 Å². The summed E-state index contributed by atoms with van der Waals surface area (Å²) in [6, 6.07) is 9.68. The first-order valence-corrected chi connectivity index (χ1v) is 6.55. The second-order valence-corrected chi connectivity index (χ2v) is 4.67. The summed E-state index contributed by atoms with van der Waals surface area (Å²) in [6.07, 6.45) is 0.845. The third-order valence-corrected chi connectivity index (χ3v) is 3.19. The van der Waals surface area contributed by atoms with Gasteiger partial charge >= 0.3 is 0 Å². The van der Waals surface area contributed by atoms with Gasteiger partial charge in [0.25, 0.3) is 0 Å². The van der Waals surface area contributed by atoms with Crippen molar-refractivity contribution in [3.8, 4) is 0 Å². The fourth-order valence-electron chi connectivity index (χ4n) is 2.05. The average molecular weight is 261 g/mol. The van der Waals surface area contributed by atoms with Crippen LogP contribution in [-0.2, 0) is 16.1 Å². The molecule has 5 heteroatoms. The molecule has 1 aliphatic heterocycles. The lowest BCUT2D eigenvalue weighted by molar-refractivity contribution is -0.128. The molecular weight excluding hydrogens is 242 g/mol. The van der Waals surface area contributed by atoms with E-state index in [-0.39, 0.29) is 24.3 Å². The number of hydrogen-bond acceptors (Lipinski definition) is 3. The Morgan fingerprint density at radius 3 is 2.68 bits per heavy atom. The zero-order valence-electron chi connectivity index (χ0n) is 10.8. The van der Waals surface area contributed by atoms with E-state index in [0.717, 1.165) is 18.5 Å². The predicted molar refractivity (Wildman–Crippen MR) is 72.3 cm³/mol. The molecule has 1 heterocycles. The highest BCUT2D eigenvalue weighted by atomic mass is 16.2. The molecule has 0 bridgehead atoms. The normalized spacial score (nSPS) is 18.0. The van der Waals surface area contributed by atoms with E-state index in [1.807, 2.05) is 30.3 Å². The van der Waals surface area contributed by atoms with Gasteiger partial charge in [0.1, 0.15) is 0 Å². The summed E-state index contributed by atoms with van der Waals surface area (Å²) in [5.74, 6) is -0.204. The lowest BCUT2D eigenvalue weighted by Crippen LogP contribution is -2.39. The van der Waals surface area contributed by atoms with E-state index in [0.29, 0.717) is 13.1 Å². The van der Waals surface area contributed by atoms with Crippen molar-refractivity contribution >= 4 is 11.8 Å². The second-order valence-electron chi connectivity index (χ2n) is 4.67. The summed E-state index contributed by atoms with van der Waals surface area (Å²) >= 11 is 0. The van der Waals surface area contributed by atoms with E-state index in [9.17, 15) is 9.59 Å². The zero-order valence-corrected chi connectivity index (χ0v) is 10.8. The molecule has 1 atom stereocenters. The van der Waals surface area contributed by atoms with Crippen LogP contribution in [-0.4, -0.2) is 31.4 Å². The molecule has 1 saturated heterocycles. The van der Waals surface area contributed by atoms with Crippen LogP contribution in [0, 0.1) is 5.92 Å². The van der Waals surface area contributed by atoms with Crippen LogP contribution in [0.5, 0.6) is 0 Å². The summed E-state index contributed by atoms with van der Waals surface area (Å²) in [5.41, 5.74) is 1.04. The largest absolute Gasteiger partial charge is 0.350 e. The van der Waals surface area contributed by atoms with Gasteiger partial charge < -0.3 is 16.0 Å². The lowest BCUT2D eigenvalue weighted by Gasteiger charge is -2.10. The van der Waals surface area contributed by atoms with Crippen molar-refractivity contribution in [2.45, 2.75) is 13.0 Å².